The van der Waals surface area contributed by atoms with E-state index >= 15 is 0 Å². The second kappa shape index (κ2) is 11.0. The SMILES string of the molecule is CON(C1CCN(C=NN)CC1)S(=O)(=O)C1C(CC=O)=C(C)c2ccccc2C1(CO)N1CCCC1. The van der Waals surface area contributed by atoms with E-state index < -0.39 is 33.5 Å². The Balaban J connectivity index is 1.87. The van der Waals surface area contributed by atoms with E-state index in [1.54, 1.807) is 6.34 Å². The monoisotopic (exact) mass is 519 g/mol. The van der Waals surface area contributed by atoms with Crippen molar-refractivity contribution in [2.24, 2.45) is 10.9 Å². The van der Waals surface area contributed by atoms with E-state index in [-0.39, 0.29) is 6.42 Å². The zero-order valence-corrected chi connectivity index (χ0v) is 21.9. The third kappa shape index (κ3) is 4.37. The number of carbonyl (C=O) groups excluding carboxylic acids is 1. The van der Waals surface area contributed by atoms with Gasteiger partial charge in [-0.3, -0.25) is 9.74 Å². The van der Waals surface area contributed by atoms with Crippen molar-refractivity contribution in [3.8, 4) is 0 Å². The van der Waals surface area contributed by atoms with E-state index in [1.807, 2.05) is 36.1 Å². The fourth-order valence-electron chi connectivity index (χ4n) is 6.35. The first-order chi connectivity index (χ1) is 17.4. The Morgan fingerprint density at radius 3 is 2.47 bits per heavy atom. The summed E-state index contributed by atoms with van der Waals surface area (Å²) in [5.74, 6) is 5.28. The molecule has 3 aliphatic rings. The van der Waals surface area contributed by atoms with Crippen LogP contribution in [0.2, 0.25) is 0 Å². The highest BCUT2D eigenvalue weighted by Crippen LogP contribution is 2.50. The number of aliphatic hydroxyl groups is 1. The lowest BCUT2D eigenvalue weighted by atomic mass is 9.72. The third-order valence-corrected chi connectivity index (χ3v) is 10.2. The van der Waals surface area contributed by atoms with E-state index in [1.165, 1.54) is 7.11 Å². The quantitative estimate of drug-likeness (QED) is 0.164. The maximum atomic E-state index is 14.6. The number of aldehydes is 1. The molecule has 1 aromatic rings. The number of hydroxylamine groups is 1. The van der Waals surface area contributed by atoms with Crippen molar-refractivity contribution in [1.29, 1.82) is 0 Å². The molecule has 2 fully saturated rings. The number of fused-ring (bicyclic) bond motifs is 1. The highest BCUT2D eigenvalue weighted by molar-refractivity contribution is 7.89. The van der Waals surface area contributed by atoms with Crippen LogP contribution in [0.1, 0.15) is 50.2 Å². The number of rotatable bonds is 9. The molecule has 4 rings (SSSR count). The molecule has 10 nitrogen and oxygen atoms in total. The molecule has 2 unspecified atom stereocenters. The Morgan fingerprint density at radius 2 is 1.89 bits per heavy atom. The minimum Gasteiger partial charge on any atom is -0.394 e. The first-order valence-corrected chi connectivity index (χ1v) is 14.0. The number of hydrazone groups is 1. The van der Waals surface area contributed by atoms with Crippen molar-refractivity contribution in [3.63, 3.8) is 0 Å². The van der Waals surface area contributed by atoms with Gasteiger partial charge in [0.15, 0.2) is 0 Å². The highest BCUT2D eigenvalue weighted by Gasteiger charge is 2.58. The van der Waals surface area contributed by atoms with Gasteiger partial charge < -0.3 is 20.6 Å². The van der Waals surface area contributed by atoms with Crippen molar-refractivity contribution < 1.29 is 23.2 Å². The summed E-state index contributed by atoms with van der Waals surface area (Å²) < 4.78 is 30.4. The maximum Gasteiger partial charge on any atom is 0.245 e. The number of nitrogens with zero attached hydrogens (tertiary/aromatic N) is 4. The Morgan fingerprint density at radius 1 is 1.22 bits per heavy atom. The van der Waals surface area contributed by atoms with Gasteiger partial charge in [0.25, 0.3) is 0 Å². The van der Waals surface area contributed by atoms with E-state index in [0.717, 1.165) is 40.3 Å². The second-order valence-corrected chi connectivity index (χ2v) is 11.6. The van der Waals surface area contributed by atoms with E-state index in [9.17, 15) is 18.3 Å². The van der Waals surface area contributed by atoms with Gasteiger partial charge >= 0.3 is 0 Å². The van der Waals surface area contributed by atoms with Crippen molar-refractivity contribution in [2.75, 3.05) is 39.9 Å². The van der Waals surface area contributed by atoms with Crippen molar-refractivity contribution >= 4 is 28.2 Å². The van der Waals surface area contributed by atoms with Crippen LogP contribution in [0.15, 0.2) is 34.9 Å². The van der Waals surface area contributed by atoms with E-state index in [2.05, 4.69) is 10.0 Å². The molecule has 0 aromatic heterocycles. The van der Waals surface area contributed by atoms with E-state index in [4.69, 9.17) is 10.7 Å². The number of nitrogens with two attached hydrogens (primary N) is 1. The molecule has 2 heterocycles. The molecule has 2 atom stereocenters. The summed E-state index contributed by atoms with van der Waals surface area (Å²) in [6, 6.07) is 7.25. The summed E-state index contributed by atoms with van der Waals surface area (Å²) >= 11 is 0. The number of sulfonamides is 1. The molecule has 36 heavy (non-hydrogen) atoms. The Labute approximate surface area is 213 Å². The number of benzene rings is 1. The lowest BCUT2D eigenvalue weighted by Crippen LogP contribution is -2.63. The van der Waals surface area contributed by atoms with Gasteiger partial charge in [-0.1, -0.05) is 28.7 Å². The van der Waals surface area contributed by atoms with Crippen LogP contribution >= 0.6 is 0 Å². The van der Waals surface area contributed by atoms with Gasteiger partial charge in [0, 0.05) is 19.5 Å². The first kappa shape index (κ1) is 26.7. The number of hydrogen-bond donors (Lipinski definition) is 2. The topological polar surface area (TPSA) is 129 Å². The highest BCUT2D eigenvalue weighted by atomic mass is 32.2. The zero-order valence-electron chi connectivity index (χ0n) is 21.0. The molecule has 0 saturated carbocycles. The van der Waals surface area contributed by atoms with Gasteiger partial charge in [0.2, 0.25) is 10.0 Å². The summed E-state index contributed by atoms with van der Waals surface area (Å²) in [5, 5.41) is 13.5. The predicted molar refractivity (Wildman–Crippen MR) is 138 cm³/mol. The summed E-state index contributed by atoms with van der Waals surface area (Å²) in [7, 11) is -2.82. The molecule has 2 aliphatic heterocycles. The minimum atomic E-state index is -4.19. The van der Waals surface area contributed by atoms with Gasteiger partial charge in [-0.15, -0.1) is 0 Å². The van der Waals surface area contributed by atoms with Gasteiger partial charge in [0.05, 0.1) is 25.3 Å². The molecular weight excluding hydrogens is 482 g/mol. The number of carbonyl (C=O) groups is 1. The molecule has 3 N–H and O–H groups in total. The lowest BCUT2D eigenvalue weighted by Gasteiger charge is -2.51. The lowest BCUT2D eigenvalue weighted by molar-refractivity contribution is -0.107. The van der Waals surface area contributed by atoms with Crippen molar-refractivity contribution in [3.05, 3.63) is 41.0 Å². The van der Waals surface area contributed by atoms with Gasteiger partial charge in [-0.25, -0.2) is 8.42 Å². The largest absolute Gasteiger partial charge is 0.394 e. The normalized spacial score (nSPS) is 26.2. The molecule has 2 saturated heterocycles. The first-order valence-electron chi connectivity index (χ1n) is 12.5. The van der Waals surface area contributed by atoms with E-state index in [0.29, 0.717) is 44.6 Å². The summed E-state index contributed by atoms with van der Waals surface area (Å²) in [5.41, 5.74) is 1.70. The van der Waals surface area contributed by atoms with Gasteiger partial charge in [-0.05, 0) is 68.0 Å². The molecule has 11 heteroatoms. The predicted octanol–water partition coefficient (Wildman–Crippen LogP) is 1.27. The Hall–Kier alpha value is -2.31. The molecule has 198 valence electrons. The Bertz CT molecular complexity index is 1110. The summed E-state index contributed by atoms with van der Waals surface area (Å²) in [4.78, 5) is 21.5. The zero-order chi connectivity index (χ0) is 25.9. The molecule has 0 amide bonds. The Kier molecular flexibility index (Phi) is 8.15. The van der Waals surface area contributed by atoms with Crippen LogP contribution in [0.3, 0.4) is 0 Å². The molecule has 1 aliphatic carbocycles. The average Bonchev–Trinajstić information content (AvgIpc) is 3.43. The van der Waals surface area contributed by atoms with Crippen molar-refractivity contribution in [2.45, 2.75) is 55.9 Å². The number of allylic oxidation sites excluding steroid dienone is 1. The van der Waals surface area contributed by atoms with Crippen molar-refractivity contribution in [1.82, 2.24) is 14.3 Å². The summed E-state index contributed by atoms with van der Waals surface area (Å²) in [6.45, 7) is 3.97. The van der Waals surface area contributed by atoms with Crippen LogP contribution < -0.4 is 5.84 Å². The number of hydrogen-bond acceptors (Lipinski definition) is 8. The summed E-state index contributed by atoms with van der Waals surface area (Å²) in [6.07, 6.45) is 5.16. The van der Waals surface area contributed by atoms with Crippen LogP contribution in [0.4, 0.5) is 0 Å². The second-order valence-electron chi connectivity index (χ2n) is 9.74. The van der Waals surface area contributed by atoms with Crippen LogP contribution in [-0.4, -0.2) is 91.6 Å². The molecule has 0 radical (unpaired) electrons. The van der Waals surface area contributed by atoms with Gasteiger partial charge in [0.1, 0.15) is 17.9 Å². The number of piperidine rings is 1. The smallest absolute Gasteiger partial charge is 0.245 e. The molecule has 0 bridgehead atoms. The van der Waals surface area contributed by atoms with Crippen LogP contribution in [-0.2, 0) is 25.2 Å². The minimum absolute atomic E-state index is 0.0391. The maximum absolute atomic E-state index is 14.6. The fourth-order valence-corrected chi connectivity index (χ4v) is 8.87. The van der Waals surface area contributed by atoms with Gasteiger partial charge in [-0.2, -0.15) is 5.10 Å². The number of aliphatic hydroxyl groups excluding tert-OH is 1. The number of likely N-dealkylation sites (tertiary alicyclic amines) is 2. The molecular formula is C25H37N5O5S. The van der Waals surface area contributed by atoms with Crippen LogP contribution in [0.25, 0.3) is 5.57 Å². The average molecular weight is 520 g/mol. The fraction of sp³-hybridized carbons (Fsp3) is 0.600. The third-order valence-electron chi connectivity index (χ3n) is 8.00. The van der Waals surface area contributed by atoms with Crippen LogP contribution in [0, 0.1) is 0 Å². The van der Waals surface area contributed by atoms with Crippen LogP contribution in [0.5, 0.6) is 0 Å². The standard InChI is InChI=1S/C25H37N5O5S/c1-19-21-7-3-4-8-23(21)25(17-32,29-12-5-6-13-29)24(22(19)11-16-31)36(33,34)30(35-2)20-9-14-28(15-10-20)18-27-26/h3-4,7-8,16,18,20,24,32H,5-6,9-15,17,26H2,1-2H3. The molecule has 1 aromatic carbocycles. The molecule has 0 spiro atoms.